The maximum Gasteiger partial charge on any atom is 0.334 e. The Morgan fingerprint density at radius 1 is 0.863 bits per heavy atom. The number of nitrogens with zero attached hydrogens (tertiary/aromatic N) is 5. The number of amides is 1. The number of carboxylic acid groups (broad SMARTS) is 1. The van der Waals surface area contributed by atoms with Crippen molar-refractivity contribution in [2.75, 3.05) is 60.9 Å². The Morgan fingerprint density at radius 2 is 1.47 bits per heavy atom. The number of carbonyl (C=O) groups excluding carboxylic acids is 1. The van der Waals surface area contributed by atoms with Gasteiger partial charge in [-0.1, -0.05) is 53.5 Å². The van der Waals surface area contributed by atoms with Crippen LogP contribution in [-0.4, -0.2) is 121 Å². The topological polar surface area (TPSA) is 70.6 Å². The minimum atomic E-state index is -1.16. The lowest BCUT2D eigenvalue weighted by Gasteiger charge is -2.45. The molecule has 276 valence electrons. The summed E-state index contributed by atoms with van der Waals surface area (Å²) in [6.45, 7) is 6.08. The van der Waals surface area contributed by atoms with Crippen LogP contribution in [0.1, 0.15) is 68.6 Å². The summed E-state index contributed by atoms with van der Waals surface area (Å²) in [7, 11) is 8.36. The second-order valence-electron chi connectivity index (χ2n) is 15.6. The average molecular weight is 737 g/mol. The Hall–Kier alpha value is -2.88. The molecule has 1 N–H and O–H groups in total. The summed E-state index contributed by atoms with van der Waals surface area (Å²) < 4.78 is 0. The molecule has 3 unspecified atom stereocenters. The molecule has 10 heteroatoms. The van der Waals surface area contributed by atoms with Gasteiger partial charge in [-0.25, -0.2) is 4.79 Å². The minimum Gasteiger partial charge on any atom is -0.478 e. The summed E-state index contributed by atoms with van der Waals surface area (Å²) in [4.78, 5) is 38.7. The standard InChI is InChI=1S/C41H55Cl2N5O3/c1-41(38-34(42)13-8-14-35(38)43)27-33(26-37(49)48-22-20-47(21-23-48)32-24-30-16-17-31(25-32)45(30)4)46(5)36(39(41)40(50)51)18-15-29-11-7-6-10-28(29)12-9-19-44(2)3/h6-8,10-11,13-14,27,30-32H,9,12,15-26H2,1-5H3,(H,50,51). The number of aliphatic carboxylic acids is 1. The fraction of sp³-hybridized carbons (Fsp3) is 0.561. The van der Waals surface area contributed by atoms with Crippen LogP contribution in [0.2, 0.25) is 10.0 Å². The lowest BCUT2D eigenvalue weighted by molar-refractivity contribution is -0.133. The van der Waals surface area contributed by atoms with Crippen molar-refractivity contribution in [2.24, 2.45) is 0 Å². The number of piperidine rings is 1. The van der Waals surface area contributed by atoms with E-state index in [4.69, 9.17) is 23.2 Å². The highest BCUT2D eigenvalue weighted by Crippen LogP contribution is 2.48. The Bertz CT molecular complexity index is 1630. The van der Waals surface area contributed by atoms with Gasteiger partial charge in [0.25, 0.3) is 0 Å². The molecule has 2 bridgehead atoms. The van der Waals surface area contributed by atoms with E-state index in [-0.39, 0.29) is 17.9 Å². The van der Waals surface area contributed by atoms with Crippen molar-refractivity contribution in [3.05, 3.63) is 92.2 Å². The van der Waals surface area contributed by atoms with Crippen LogP contribution in [0.25, 0.3) is 0 Å². The van der Waals surface area contributed by atoms with E-state index in [0.717, 1.165) is 38.2 Å². The monoisotopic (exact) mass is 735 g/mol. The third kappa shape index (κ3) is 8.06. The van der Waals surface area contributed by atoms with Crippen LogP contribution in [0.4, 0.5) is 0 Å². The lowest BCUT2D eigenvalue weighted by Crippen LogP contribution is -2.56. The molecule has 3 saturated heterocycles. The molecule has 0 aromatic heterocycles. The van der Waals surface area contributed by atoms with E-state index in [1.807, 2.05) is 29.8 Å². The van der Waals surface area contributed by atoms with Crippen LogP contribution in [0, 0.1) is 0 Å². The lowest BCUT2D eigenvalue weighted by atomic mass is 9.71. The molecule has 2 aromatic carbocycles. The predicted octanol–water partition coefficient (Wildman–Crippen LogP) is 6.71. The number of carboxylic acids is 1. The second-order valence-corrected chi connectivity index (χ2v) is 16.4. The van der Waals surface area contributed by atoms with E-state index in [0.29, 0.717) is 65.4 Å². The second kappa shape index (κ2) is 16.0. The Kier molecular flexibility index (Phi) is 11.9. The molecular formula is C41H55Cl2N5O3. The van der Waals surface area contributed by atoms with Crippen molar-refractivity contribution in [2.45, 2.75) is 88.3 Å². The van der Waals surface area contributed by atoms with Crippen molar-refractivity contribution in [1.82, 2.24) is 24.5 Å². The maximum atomic E-state index is 14.1. The van der Waals surface area contributed by atoms with Gasteiger partial charge < -0.3 is 24.7 Å². The Balaban J connectivity index is 1.24. The Morgan fingerprint density at radius 3 is 2.06 bits per heavy atom. The molecule has 0 saturated carbocycles. The van der Waals surface area contributed by atoms with E-state index >= 15 is 0 Å². The van der Waals surface area contributed by atoms with Crippen LogP contribution in [0.3, 0.4) is 0 Å². The molecule has 3 atom stereocenters. The van der Waals surface area contributed by atoms with Crippen molar-refractivity contribution in [3.63, 3.8) is 0 Å². The van der Waals surface area contributed by atoms with Crippen molar-refractivity contribution in [3.8, 4) is 0 Å². The molecule has 3 fully saturated rings. The first-order chi connectivity index (χ1) is 24.4. The van der Waals surface area contributed by atoms with E-state index in [2.05, 4.69) is 60.1 Å². The van der Waals surface area contributed by atoms with Gasteiger partial charge in [0, 0.05) is 83.8 Å². The molecule has 4 aliphatic heterocycles. The number of piperazine rings is 1. The zero-order valence-electron chi connectivity index (χ0n) is 31.0. The average Bonchev–Trinajstić information content (AvgIpc) is 3.27. The fourth-order valence-electron chi connectivity index (χ4n) is 9.31. The highest BCUT2D eigenvalue weighted by atomic mass is 35.5. The molecule has 6 rings (SSSR count). The molecule has 4 aliphatic rings. The van der Waals surface area contributed by atoms with Crippen LogP contribution < -0.4 is 0 Å². The Labute approximate surface area is 314 Å². The summed E-state index contributed by atoms with van der Waals surface area (Å²) in [6.07, 6.45) is 10.3. The van der Waals surface area contributed by atoms with Crippen LogP contribution in [0.15, 0.2) is 65.5 Å². The maximum absolute atomic E-state index is 14.1. The van der Waals surface area contributed by atoms with Gasteiger partial charge in [-0.05, 0) is 115 Å². The highest BCUT2D eigenvalue weighted by Gasteiger charge is 2.44. The highest BCUT2D eigenvalue weighted by molar-refractivity contribution is 6.36. The van der Waals surface area contributed by atoms with Gasteiger partial charge in [-0.3, -0.25) is 9.69 Å². The number of halogens is 2. The SMILES string of the molecule is CN(C)CCCc1ccccc1CCC1=C(C(=O)O)C(C)(c2c(Cl)cccc2Cl)C=C(CC(=O)N2CCN(C3CC4CCC(C3)N4C)CC2)N1C. The predicted molar refractivity (Wildman–Crippen MR) is 206 cm³/mol. The van der Waals surface area contributed by atoms with Crippen molar-refractivity contribution in [1.29, 1.82) is 0 Å². The number of rotatable bonds is 12. The third-order valence-electron chi connectivity index (χ3n) is 12.2. The number of carbonyl (C=O) groups is 2. The fourth-order valence-corrected chi connectivity index (χ4v) is 10.1. The number of allylic oxidation sites excluding steroid dienone is 2. The van der Waals surface area contributed by atoms with Crippen LogP contribution >= 0.6 is 23.2 Å². The number of fused-ring (bicyclic) bond motifs is 2. The summed E-state index contributed by atoms with van der Waals surface area (Å²) in [5, 5.41) is 11.7. The van der Waals surface area contributed by atoms with Gasteiger partial charge in [-0.15, -0.1) is 0 Å². The molecule has 1 amide bonds. The smallest absolute Gasteiger partial charge is 0.334 e. The molecule has 0 radical (unpaired) electrons. The summed E-state index contributed by atoms with van der Waals surface area (Å²) in [5.41, 5.74) is 3.57. The van der Waals surface area contributed by atoms with E-state index in [1.165, 1.54) is 36.8 Å². The van der Waals surface area contributed by atoms with Gasteiger partial charge >= 0.3 is 5.97 Å². The van der Waals surface area contributed by atoms with Gasteiger partial charge in [0.1, 0.15) is 0 Å². The van der Waals surface area contributed by atoms with Gasteiger partial charge in [0.05, 0.1) is 12.0 Å². The third-order valence-corrected chi connectivity index (χ3v) is 12.8. The van der Waals surface area contributed by atoms with Crippen LogP contribution in [-0.2, 0) is 27.8 Å². The normalized spacial score (nSPS) is 25.9. The molecule has 0 spiro atoms. The van der Waals surface area contributed by atoms with Crippen molar-refractivity contribution >= 4 is 35.1 Å². The quantitative estimate of drug-likeness (QED) is 0.260. The zero-order chi connectivity index (χ0) is 36.4. The van der Waals surface area contributed by atoms with Gasteiger partial charge in [0.15, 0.2) is 0 Å². The summed E-state index contributed by atoms with van der Waals surface area (Å²) in [6, 6.07) is 15.7. The first-order valence-electron chi connectivity index (χ1n) is 18.7. The van der Waals surface area contributed by atoms with Gasteiger partial charge in [-0.2, -0.15) is 0 Å². The number of hydrogen-bond acceptors (Lipinski definition) is 6. The number of aryl methyl sites for hydroxylation is 2. The first-order valence-corrected chi connectivity index (χ1v) is 19.4. The largest absolute Gasteiger partial charge is 0.478 e. The van der Waals surface area contributed by atoms with Gasteiger partial charge in [0.2, 0.25) is 5.91 Å². The minimum absolute atomic E-state index is 0.0631. The van der Waals surface area contributed by atoms with E-state index < -0.39 is 11.4 Å². The molecule has 0 aliphatic carbocycles. The molecular weight excluding hydrogens is 681 g/mol. The summed E-state index contributed by atoms with van der Waals surface area (Å²) >= 11 is 13.7. The molecule has 4 heterocycles. The van der Waals surface area contributed by atoms with E-state index in [9.17, 15) is 14.7 Å². The number of benzene rings is 2. The zero-order valence-corrected chi connectivity index (χ0v) is 32.5. The van der Waals surface area contributed by atoms with Crippen LogP contribution in [0.5, 0.6) is 0 Å². The molecule has 51 heavy (non-hydrogen) atoms. The summed E-state index contributed by atoms with van der Waals surface area (Å²) in [5.74, 6) is -0.956. The van der Waals surface area contributed by atoms with Crippen molar-refractivity contribution < 1.29 is 14.7 Å². The molecule has 2 aromatic rings. The first kappa shape index (κ1) is 37.9. The van der Waals surface area contributed by atoms with E-state index in [1.54, 1.807) is 18.2 Å². The molecule has 8 nitrogen and oxygen atoms in total. The number of hydrogen-bond donors (Lipinski definition) is 1.